The number of carboxylic acid groups (broad SMARTS) is 1. The molecular formula is C10H5F2NO3. The van der Waals surface area contributed by atoms with Crippen molar-refractivity contribution in [1.82, 2.24) is 0 Å². The molecule has 0 saturated heterocycles. The number of primary amides is 1. The van der Waals surface area contributed by atoms with Crippen molar-refractivity contribution in [2.45, 2.75) is 0 Å². The fourth-order valence-corrected chi connectivity index (χ4v) is 0.983. The molecule has 0 saturated carbocycles. The van der Waals surface area contributed by atoms with E-state index in [-0.39, 0.29) is 5.56 Å². The van der Waals surface area contributed by atoms with Gasteiger partial charge in [0.1, 0.15) is 17.2 Å². The zero-order chi connectivity index (χ0) is 12.3. The molecule has 0 radical (unpaired) electrons. The van der Waals surface area contributed by atoms with Crippen molar-refractivity contribution in [3.05, 3.63) is 34.9 Å². The second-order valence-electron chi connectivity index (χ2n) is 2.73. The highest BCUT2D eigenvalue weighted by Gasteiger charge is 2.17. The van der Waals surface area contributed by atoms with Crippen LogP contribution >= 0.6 is 0 Å². The number of benzene rings is 1. The zero-order valence-electron chi connectivity index (χ0n) is 7.75. The van der Waals surface area contributed by atoms with Crippen molar-refractivity contribution in [3.8, 4) is 11.8 Å². The van der Waals surface area contributed by atoms with E-state index in [1.807, 2.05) is 5.92 Å². The van der Waals surface area contributed by atoms with Gasteiger partial charge in [-0.15, -0.1) is 0 Å². The Kier molecular flexibility index (Phi) is 3.20. The summed E-state index contributed by atoms with van der Waals surface area (Å²) in [5.74, 6) is -1.23. The number of hydrogen-bond acceptors (Lipinski definition) is 2. The van der Waals surface area contributed by atoms with Gasteiger partial charge in [-0.3, -0.25) is 4.79 Å². The third kappa shape index (κ3) is 2.54. The number of nitrogens with two attached hydrogens (primary N) is 1. The summed E-state index contributed by atoms with van der Waals surface area (Å²) in [5.41, 5.74) is 3.47. The first-order valence-electron chi connectivity index (χ1n) is 3.95. The molecule has 1 aromatic rings. The van der Waals surface area contributed by atoms with E-state index < -0.39 is 29.1 Å². The lowest BCUT2D eigenvalue weighted by Crippen LogP contribution is -2.07. The Bertz CT molecular complexity index is 506. The molecule has 1 amide bonds. The van der Waals surface area contributed by atoms with Gasteiger partial charge in [-0.2, -0.15) is 0 Å². The third-order valence-electron chi connectivity index (χ3n) is 1.59. The Morgan fingerprint density at radius 2 is 1.75 bits per heavy atom. The minimum Gasteiger partial charge on any atom is -0.477 e. The molecule has 1 aromatic carbocycles. The van der Waals surface area contributed by atoms with Crippen molar-refractivity contribution < 1.29 is 23.5 Å². The molecule has 3 N–H and O–H groups in total. The summed E-state index contributed by atoms with van der Waals surface area (Å²) in [4.78, 5) is 20.7. The second-order valence-corrected chi connectivity index (χ2v) is 2.73. The van der Waals surface area contributed by atoms with Crippen molar-refractivity contribution in [1.29, 1.82) is 0 Å². The van der Waals surface area contributed by atoms with Crippen LogP contribution in [-0.4, -0.2) is 17.0 Å². The summed E-state index contributed by atoms with van der Waals surface area (Å²) in [6.07, 6.45) is 0. The first kappa shape index (κ1) is 11.7. The van der Waals surface area contributed by atoms with Crippen molar-refractivity contribution in [2.24, 2.45) is 5.73 Å². The van der Waals surface area contributed by atoms with Crippen LogP contribution in [0, 0.1) is 23.5 Å². The molecule has 1 rings (SSSR count). The number of carbonyl (C=O) groups excluding carboxylic acids is 1. The van der Waals surface area contributed by atoms with E-state index in [1.165, 1.54) is 0 Å². The fourth-order valence-electron chi connectivity index (χ4n) is 0.983. The minimum atomic E-state index is -1.72. The molecule has 0 heterocycles. The number of carboxylic acids is 1. The summed E-state index contributed by atoms with van der Waals surface area (Å²) >= 11 is 0. The molecule has 16 heavy (non-hydrogen) atoms. The monoisotopic (exact) mass is 225 g/mol. The topological polar surface area (TPSA) is 80.4 Å². The Morgan fingerprint density at radius 3 is 2.12 bits per heavy atom. The summed E-state index contributed by atoms with van der Waals surface area (Å²) in [6, 6.07) is 1.42. The van der Waals surface area contributed by atoms with E-state index in [0.29, 0.717) is 12.1 Å². The van der Waals surface area contributed by atoms with Gasteiger partial charge in [0, 0.05) is 5.56 Å². The third-order valence-corrected chi connectivity index (χ3v) is 1.59. The average molecular weight is 225 g/mol. The Labute approximate surface area is 88.7 Å². The second kappa shape index (κ2) is 4.40. The maximum atomic E-state index is 13.1. The molecule has 0 bridgehead atoms. The number of aromatic carboxylic acids is 1. The first-order chi connectivity index (χ1) is 7.41. The number of carbonyl (C=O) groups is 2. The van der Waals surface area contributed by atoms with Gasteiger partial charge in [0.05, 0.1) is 0 Å². The van der Waals surface area contributed by atoms with E-state index in [0.717, 1.165) is 0 Å². The number of hydrogen-bond donors (Lipinski definition) is 2. The highest BCUT2D eigenvalue weighted by atomic mass is 19.1. The molecule has 0 fully saturated rings. The van der Waals surface area contributed by atoms with Crippen LogP contribution in [0.2, 0.25) is 0 Å². The molecular weight excluding hydrogens is 220 g/mol. The molecule has 0 aliphatic heterocycles. The van der Waals surface area contributed by atoms with Crippen molar-refractivity contribution in [3.63, 3.8) is 0 Å². The average Bonchev–Trinajstić information content (AvgIpc) is 2.12. The van der Waals surface area contributed by atoms with Gasteiger partial charge in [0.15, 0.2) is 0 Å². The summed E-state index contributed by atoms with van der Waals surface area (Å²) in [7, 11) is 0. The lowest BCUT2D eigenvalue weighted by Gasteiger charge is -1.99. The molecule has 6 heteroatoms. The van der Waals surface area contributed by atoms with Crippen LogP contribution in [0.3, 0.4) is 0 Å². The van der Waals surface area contributed by atoms with E-state index in [2.05, 4.69) is 5.92 Å². The van der Waals surface area contributed by atoms with Gasteiger partial charge in [-0.1, -0.05) is 5.92 Å². The van der Waals surface area contributed by atoms with Crippen molar-refractivity contribution in [2.75, 3.05) is 0 Å². The van der Waals surface area contributed by atoms with Crippen LogP contribution in [0.5, 0.6) is 0 Å². The SMILES string of the molecule is NC(=O)C#Cc1cc(F)c(C(=O)O)c(F)c1. The quantitative estimate of drug-likeness (QED) is 0.683. The molecule has 82 valence electrons. The number of halogens is 2. The van der Waals surface area contributed by atoms with E-state index in [4.69, 9.17) is 10.8 Å². The van der Waals surface area contributed by atoms with Gasteiger partial charge in [-0.25, -0.2) is 13.6 Å². The Hall–Kier alpha value is -2.42. The predicted molar refractivity (Wildman–Crippen MR) is 49.4 cm³/mol. The van der Waals surface area contributed by atoms with E-state index >= 15 is 0 Å². The molecule has 0 spiro atoms. The molecule has 4 nitrogen and oxygen atoms in total. The first-order valence-corrected chi connectivity index (χ1v) is 3.95. The van der Waals surface area contributed by atoms with Crippen molar-refractivity contribution >= 4 is 11.9 Å². The van der Waals surface area contributed by atoms with Crippen LogP contribution in [0.25, 0.3) is 0 Å². The maximum Gasteiger partial charge on any atom is 0.341 e. The standard InChI is InChI=1S/C10H5F2NO3/c11-6-3-5(1-2-8(13)14)4-7(12)9(6)10(15)16/h3-4H,(H2,13,14)(H,15,16). The zero-order valence-corrected chi connectivity index (χ0v) is 7.75. The van der Waals surface area contributed by atoms with E-state index in [9.17, 15) is 18.4 Å². The highest BCUT2D eigenvalue weighted by Crippen LogP contribution is 2.14. The molecule has 0 aromatic heterocycles. The minimum absolute atomic E-state index is 0.168. The van der Waals surface area contributed by atoms with Crippen LogP contribution in [0.15, 0.2) is 12.1 Å². The summed E-state index contributed by atoms with van der Waals surface area (Å²) in [5, 5.41) is 8.47. The molecule has 0 aliphatic carbocycles. The van der Waals surface area contributed by atoms with Gasteiger partial charge in [0.25, 0.3) is 5.91 Å². The largest absolute Gasteiger partial charge is 0.477 e. The summed E-state index contributed by atoms with van der Waals surface area (Å²) in [6.45, 7) is 0. The summed E-state index contributed by atoms with van der Waals surface area (Å²) < 4.78 is 26.2. The normalized spacial score (nSPS) is 9.12. The van der Waals surface area contributed by atoms with Gasteiger partial charge >= 0.3 is 5.97 Å². The van der Waals surface area contributed by atoms with Crippen LogP contribution in [0.1, 0.15) is 15.9 Å². The number of rotatable bonds is 1. The van der Waals surface area contributed by atoms with Gasteiger partial charge in [0.2, 0.25) is 0 Å². The molecule has 0 atom stereocenters. The Morgan fingerprint density at radius 1 is 1.25 bits per heavy atom. The molecule has 0 aliphatic rings. The fraction of sp³-hybridized carbons (Fsp3) is 0. The van der Waals surface area contributed by atoms with Crippen LogP contribution in [-0.2, 0) is 4.79 Å². The number of amides is 1. The molecule has 0 unspecified atom stereocenters. The lowest BCUT2D eigenvalue weighted by atomic mass is 10.1. The lowest BCUT2D eigenvalue weighted by molar-refractivity contribution is -0.112. The van der Waals surface area contributed by atoms with Crippen LogP contribution in [0.4, 0.5) is 8.78 Å². The smallest absolute Gasteiger partial charge is 0.341 e. The maximum absolute atomic E-state index is 13.1. The van der Waals surface area contributed by atoms with Gasteiger partial charge < -0.3 is 10.8 Å². The highest BCUT2D eigenvalue weighted by molar-refractivity contribution is 5.92. The van der Waals surface area contributed by atoms with Crippen LogP contribution < -0.4 is 5.73 Å². The predicted octanol–water partition coefficient (Wildman–Crippen LogP) is 0.500. The van der Waals surface area contributed by atoms with E-state index in [1.54, 1.807) is 0 Å². The van der Waals surface area contributed by atoms with Gasteiger partial charge in [-0.05, 0) is 18.1 Å². The Balaban J connectivity index is 3.27.